The minimum absolute atomic E-state index is 0.781. The molecule has 0 bridgehead atoms. The van der Waals surface area contributed by atoms with E-state index < -0.39 is 0 Å². The third-order valence-electron chi connectivity index (χ3n) is 3.35. The molecule has 1 saturated carbocycles. The maximum Gasteiger partial charge on any atom is 0.00682 e. The minimum Gasteiger partial charge on any atom is -0.317 e. The van der Waals surface area contributed by atoms with Gasteiger partial charge in [0, 0.05) is 12.1 Å². The Balaban J connectivity index is 1.98. The van der Waals surface area contributed by atoms with Crippen molar-refractivity contribution >= 4 is 0 Å². The zero-order chi connectivity index (χ0) is 10.2. The van der Waals surface area contributed by atoms with Crippen molar-refractivity contribution in [3.05, 3.63) is 0 Å². The fourth-order valence-electron chi connectivity index (χ4n) is 2.27. The first-order chi connectivity index (χ1) is 6.86. The maximum atomic E-state index is 3.67. The lowest BCUT2D eigenvalue weighted by atomic mass is 9.91. The summed E-state index contributed by atoms with van der Waals surface area (Å²) in [6.45, 7) is 3.49. The molecule has 2 N–H and O–H groups in total. The summed E-state index contributed by atoms with van der Waals surface area (Å²) in [6.07, 6.45) is 9.47. The molecule has 0 heterocycles. The first-order valence-electron chi connectivity index (χ1n) is 6.27. The Labute approximate surface area is 88.8 Å². The SMILES string of the molecule is CCCCCNC1CCC(NC)CC1. The summed E-state index contributed by atoms with van der Waals surface area (Å²) in [6, 6.07) is 1.58. The molecule has 0 saturated heterocycles. The van der Waals surface area contributed by atoms with Gasteiger partial charge in [0.25, 0.3) is 0 Å². The van der Waals surface area contributed by atoms with E-state index in [1.165, 1.54) is 51.5 Å². The van der Waals surface area contributed by atoms with Crippen LogP contribution in [0.2, 0.25) is 0 Å². The minimum atomic E-state index is 0.781. The lowest BCUT2D eigenvalue weighted by molar-refractivity contribution is 0.317. The number of hydrogen-bond acceptors (Lipinski definition) is 2. The molecule has 2 nitrogen and oxygen atoms in total. The van der Waals surface area contributed by atoms with Crippen LogP contribution in [0.15, 0.2) is 0 Å². The van der Waals surface area contributed by atoms with Crippen LogP contribution < -0.4 is 10.6 Å². The quantitative estimate of drug-likeness (QED) is 0.640. The van der Waals surface area contributed by atoms with Crippen LogP contribution >= 0.6 is 0 Å². The van der Waals surface area contributed by atoms with Gasteiger partial charge in [-0.15, -0.1) is 0 Å². The molecule has 14 heavy (non-hydrogen) atoms. The Bertz CT molecular complexity index is 128. The molecule has 84 valence electrons. The molecule has 1 aliphatic carbocycles. The predicted molar refractivity (Wildman–Crippen MR) is 62.6 cm³/mol. The number of hydrogen-bond donors (Lipinski definition) is 2. The smallest absolute Gasteiger partial charge is 0.00682 e. The molecular formula is C12H26N2. The van der Waals surface area contributed by atoms with Gasteiger partial charge >= 0.3 is 0 Å². The molecule has 1 aliphatic rings. The predicted octanol–water partition coefficient (Wildman–Crippen LogP) is 2.30. The second kappa shape index (κ2) is 7.24. The second-order valence-electron chi connectivity index (χ2n) is 4.50. The molecule has 0 aromatic rings. The van der Waals surface area contributed by atoms with E-state index in [0.29, 0.717) is 0 Å². The molecule has 0 spiro atoms. The van der Waals surface area contributed by atoms with Crippen LogP contribution in [-0.2, 0) is 0 Å². The Hall–Kier alpha value is -0.0800. The van der Waals surface area contributed by atoms with E-state index in [2.05, 4.69) is 24.6 Å². The number of nitrogens with one attached hydrogen (secondary N) is 2. The highest BCUT2D eigenvalue weighted by molar-refractivity contribution is 4.79. The van der Waals surface area contributed by atoms with Crippen molar-refractivity contribution in [3.63, 3.8) is 0 Å². The summed E-state index contributed by atoms with van der Waals surface area (Å²) < 4.78 is 0. The van der Waals surface area contributed by atoms with Crippen molar-refractivity contribution in [1.82, 2.24) is 10.6 Å². The van der Waals surface area contributed by atoms with Crippen molar-refractivity contribution in [1.29, 1.82) is 0 Å². The van der Waals surface area contributed by atoms with Crippen LogP contribution in [0.25, 0.3) is 0 Å². The van der Waals surface area contributed by atoms with E-state index in [9.17, 15) is 0 Å². The Kier molecular flexibility index (Phi) is 6.20. The molecule has 0 unspecified atom stereocenters. The highest BCUT2D eigenvalue weighted by Gasteiger charge is 2.18. The molecule has 0 aliphatic heterocycles. The van der Waals surface area contributed by atoms with Gasteiger partial charge in [0.15, 0.2) is 0 Å². The first-order valence-corrected chi connectivity index (χ1v) is 6.27. The fourth-order valence-corrected chi connectivity index (χ4v) is 2.27. The van der Waals surface area contributed by atoms with E-state index in [0.717, 1.165) is 12.1 Å². The van der Waals surface area contributed by atoms with Crippen LogP contribution in [0, 0.1) is 0 Å². The number of unbranched alkanes of at least 4 members (excludes halogenated alkanes) is 2. The molecule has 0 atom stereocenters. The van der Waals surface area contributed by atoms with Crippen molar-refractivity contribution in [2.75, 3.05) is 13.6 Å². The Morgan fingerprint density at radius 3 is 2.21 bits per heavy atom. The lowest BCUT2D eigenvalue weighted by Crippen LogP contribution is -2.38. The number of rotatable bonds is 6. The summed E-state index contributed by atoms with van der Waals surface area (Å²) >= 11 is 0. The monoisotopic (exact) mass is 198 g/mol. The molecule has 1 fully saturated rings. The topological polar surface area (TPSA) is 24.1 Å². The van der Waals surface area contributed by atoms with Crippen LogP contribution in [0.1, 0.15) is 51.9 Å². The van der Waals surface area contributed by atoms with Crippen molar-refractivity contribution in [3.8, 4) is 0 Å². The zero-order valence-electron chi connectivity index (χ0n) is 9.81. The van der Waals surface area contributed by atoms with E-state index in [1.807, 2.05) is 0 Å². The highest BCUT2D eigenvalue weighted by atomic mass is 14.9. The highest BCUT2D eigenvalue weighted by Crippen LogP contribution is 2.18. The van der Waals surface area contributed by atoms with Crippen molar-refractivity contribution < 1.29 is 0 Å². The molecule has 2 heteroatoms. The largest absolute Gasteiger partial charge is 0.317 e. The van der Waals surface area contributed by atoms with Gasteiger partial charge in [0.2, 0.25) is 0 Å². The van der Waals surface area contributed by atoms with Crippen molar-refractivity contribution in [2.45, 2.75) is 64.0 Å². The molecule has 0 aromatic heterocycles. The van der Waals surface area contributed by atoms with Gasteiger partial charge in [-0.3, -0.25) is 0 Å². The molecular weight excluding hydrogens is 172 g/mol. The average Bonchev–Trinajstić information content (AvgIpc) is 2.25. The molecule has 1 rings (SSSR count). The lowest BCUT2D eigenvalue weighted by Gasteiger charge is -2.28. The summed E-state index contributed by atoms with van der Waals surface area (Å²) in [5, 5.41) is 7.05. The van der Waals surface area contributed by atoms with Crippen LogP contribution in [-0.4, -0.2) is 25.7 Å². The van der Waals surface area contributed by atoms with Crippen LogP contribution in [0.5, 0.6) is 0 Å². The average molecular weight is 198 g/mol. The van der Waals surface area contributed by atoms with Gasteiger partial charge in [0.05, 0.1) is 0 Å². The zero-order valence-corrected chi connectivity index (χ0v) is 9.81. The summed E-state index contributed by atoms with van der Waals surface area (Å²) in [5.74, 6) is 0. The van der Waals surface area contributed by atoms with Gasteiger partial charge in [-0.05, 0) is 45.7 Å². The third-order valence-corrected chi connectivity index (χ3v) is 3.35. The van der Waals surface area contributed by atoms with E-state index in [1.54, 1.807) is 0 Å². The van der Waals surface area contributed by atoms with Crippen LogP contribution in [0.3, 0.4) is 0 Å². The van der Waals surface area contributed by atoms with Crippen molar-refractivity contribution in [2.24, 2.45) is 0 Å². The second-order valence-corrected chi connectivity index (χ2v) is 4.50. The first kappa shape index (κ1) is 12.0. The molecule has 0 radical (unpaired) electrons. The standard InChI is InChI=1S/C12H26N2/c1-3-4-5-10-14-12-8-6-11(13-2)7-9-12/h11-14H,3-10H2,1-2H3. The van der Waals surface area contributed by atoms with E-state index >= 15 is 0 Å². The summed E-state index contributed by atoms with van der Waals surface area (Å²) in [7, 11) is 2.08. The summed E-state index contributed by atoms with van der Waals surface area (Å²) in [5.41, 5.74) is 0. The molecule has 0 amide bonds. The van der Waals surface area contributed by atoms with Gasteiger partial charge in [-0.1, -0.05) is 19.8 Å². The Morgan fingerprint density at radius 1 is 1.00 bits per heavy atom. The van der Waals surface area contributed by atoms with E-state index in [-0.39, 0.29) is 0 Å². The van der Waals surface area contributed by atoms with Crippen LogP contribution in [0.4, 0.5) is 0 Å². The molecule has 0 aromatic carbocycles. The van der Waals surface area contributed by atoms with Gasteiger partial charge in [-0.25, -0.2) is 0 Å². The third kappa shape index (κ3) is 4.43. The van der Waals surface area contributed by atoms with Gasteiger partial charge in [0.1, 0.15) is 0 Å². The van der Waals surface area contributed by atoms with Gasteiger partial charge < -0.3 is 10.6 Å². The van der Waals surface area contributed by atoms with E-state index in [4.69, 9.17) is 0 Å². The Morgan fingerprint density at radius 2 is 1.64 bits per heavy atom. The maximum absolute atomic E-state index is 3.67. The van der Waals surface area contributed by atoms with Gasteiger partial charge in [-0.2, -0.15) is 0 Å². The fraction of sp³-hybridized carbons (Fsp3) is 1.00. The normalized spacial score (nSPS) is 27.9. The summed E-state index contributed by atoms with van der Waals surface area (Å²) in [4.78, 5) is 0.